The fourth-order valence-electron chi connectivity index (χ4n) is 6.40. The smallest absolute Gasteiger partial charge is 0.224 e. The molecule has 4 aromatic rings. The number of hydrogen-bond acceptors (Lipinski definition) is 6. The summed E-state index contributed by atoms with van der Waals surface area (Å²) >= 11 is 0. The largest absolute Gasteiger partial charge is 0.353 e. The van der Waals surface area contributed by atoms with Crippen molar-refractivity contribution >= 4 is 28.4 Å². The number of piperidine rings is 1. The van der Waals surface area contributed by atoms with Gasteiger partial charge in [0.25, 0.3) is 0 Å². The first-order chi connectivity index (χ1) is 18.2. The Kier molecular flexibility index (Phi) is 6.13. The molecule has 0 unspecified atom stereocenters. The average Bonchev–Trinajstić information content (AvgIpc) is 3.59. The molecule has 0 aromatic carbocycles. The quantitative estimate of drug-likeness (QED) is 0.416. The van der Waals surface area contributed by atoms with Crippen LogP contribution in [0.1, 0.15) is 55.7 Å². The molecular weight excluding hydrogens is 476 g/mol. The van der Waals surface area contributed by atoms with E-state index in [1.807, 2.05) is 18.6 Å². The minimum Gasteiger partial charge on any atom is -0.353 e. The van der Waals surface area contributed by atoms with Gasteiger partial charge in [-0.05, 0) is 70.0 Å². The number of amides is 1. The van der Waals surface area contributed by atoms with E-state index < -0.39 is 0 Å². The molecule has 200 valence electrons. The molecule has 1 amide bonds. The second-order valence-electron chi connectivity index (χ2n) is 11.6. The Hall–Kier alpha value is -3.46. The van der Waals surface area contributed by atoms with E-state index in [1.54, 1.807) is 6.33 Å². The van der Waals surface area contributed by atoms with Gasteiger partial charge in [-0.15, -0.1) is 0 Å². The van der Waals surface area contributed by atoms with Crippen molar-refractivity contribution in [3.63, 3.8) is 0 Å². The summed E-state index contributed by atoms with van der Waals surface area (Å²) in [7, 11) is 4.04. The number of aromatic nitrogens is 5. The molecule has 2 aliphatic rings. The number of rotatable bonds is 6. The van der Waals surface area contributed by atoms with E-state index in [9.17, 15) is 4.79 Å². The highest BCUT2D eigenvalue weighted by molar-refractivity contribution is 5.90. The molecule has 6 rings (SSSR count). The number of H-pyrrole nitrogens is 1. The lowest BCUT2D eigenvalue weighted by Crippen LogP contribution is -2.45. The Morgan fingerprint density at radius 1 is 1.18 bits per heavy atom. The van der Waals surface area contributed by atoms with Crippen LogP contribution in [0, 0.1) is 13.8 Å². The molecule has 2 saturated heterocycles. The highest BCUT2D eigenvalue weighted by atomic mass is 16.2. The van der Waals surface area contributed by atoms with E-state index >= 15 is 0 Å². The summed E-state index contributed by atoms with van der Waals surface area (Å²) in [4.78, 5) is 33.0. The first kappa shape index (κ1) is 24.9. The van der Waals surface area contributed by atoms with E-state index in [1.165, 1.54) is 11.1 Å². The molecule has 0 saturated carbocycles. The van der Waals surface area contributed by atoms with Crippen LogP contribution in [0.2, 0.25) is 0 Å². The van der Waals surface area contributed by atoms with Crippen LogP contribution in [0.25, 0.3) is 27.9 Å². The van der Waals surface area contributed by atoms with Crippen LogP contribution in [-0.4, -0.2) is 86.1 Å². The number of hydrogen-bond donors (Lipinski definition) is 1. The van der Waals surface area contributed by atoms with Crippen molar-refractivity contribution in [1.29, 1.82) is 0 Å². The zero-order chi connectivity index (χ0) is 26.7. The molecule has 0 aliphatic carbocycles. The molecule has 38 heavy (non-hydrogen) atoms. The predicted octanol–water partition coefficient (Wildman–Crippen LogP) is 4.14. The van der Waals surface area contributed by atoms with Crippen LogP contribution >= 0.6 is 0 Å². The predicted molar refractivity (Wildman–Crippen MR) is 151 cm³/mol. The second-order valence-corrected chi connectivity index (χ2v) is 11.6. The number of nitrogens with zero attached hydrogens (tertiary/aromatic N) is 7. The summed E-state index contributed by atoms with van der Waals surface area (Å²) < 4.78 is 1.86. The summed E-state index contributed by atoms with van der Waals surface area (Å²) in [5.74, 6) is 1.58. The van der Waals surface area contributed by atoms with Crippen molar-refractivity contribution in [3.05, 3.63) is 41.3 Å². The van der Waals surface area contributed by atoms with Crippen molar-refractivity contribution in [2.75, 3.05) is 38.6 Å². The van der Waals surface area contributed by atoms with Gasteiger partial charge in [0.1, 0.15) is 12.1 Å². The van der Waals surface area contributed by atoms with Crippen LogP contribution < -0.4 is 4.90 Å². The lowest BCUT2D eigenvalue weighted by molar-refractivity contribution is -0.134. The number of anilines is 1. The summed E-state index contributed by atoms with van der Waals surface area (Å²) in [6, 6.07) is 5.02. The van der Waals surface area contributed by atoms with E-state index in [2.05, 4.69) is 75.8 Å². The molecule has 2 aliphatic heterocycles. The lowest BCUT2D eigenvalue weighted by Gasteiger charge is -2.33. The molecule has 2 fully saturated rings. The normalized spacial score (nSPS) is 19.6. The SMILES string of the molecule is Cc1c(-c2[nH]c3ccc(N4C[C@@H]5C[C@H]4CCN5C(=O)CCN(C)C)nc3c2C(C)C)cn2ncnc2c1C. The molecule has 2 atom stereocenters. The van der Waals surface area contributed by atoms with Gasteiger partial charge in [0.05, 0.1) is 22.8 Å². The third-order valence-corrected chi connectivity index (χ3v) is 8.56. The third kappa shape index (κ3) is 4.04. The van der Waals surface area contributed by atoms with Crippen molar-refractivity contribution in [2.24, 2.45) is 0 Å². The molecule has 9 heteroatoms. The Morgan fingerprint density at radius 2 is 2.00 bits per heavy atom. The van der Waals surface area contributed by atoms with Crippen molar-refractivity contribution < 1.29 is 4.79 Å². The summed E-state index contributed by atoms with van der Waals surface area (Å²) in [5.41, 5.74) is 8.77. The average molecular weight is 515 g/mol. The maximum atomic E-state index is 12.9. The topological polar surface area (TPSA) is 85.7 Å². The molecule has 4 aromatic heterocycles. The first-order valence-electron chi connectivity index (χ1n) is 13.8. The Balaban J connectivity index is 1.35. The third-order valence-electron chi connectivity index (χ3n) is 8.56. The van der Waals surface area contributed by atoms with Crippen LogP contribution in [-0.2, 0) is 4.79 Å². The standard InChI is InChI=1S/C29H38N8O/c1-17(2)26-27(22-15-37-29(30-16-31-37)19(4)18(22)3)32-23-7-8-24(33-28(23)26)36-14-21-13-20(36)9-12-35(21)25(38)10-11-34(5)6/h7-8,15-17,20-21,32H,9-14H2,1-6H3/t20-,21+/m1/s1. The maximum absolute atomic E-state index is 12.9. The van der Waals surface area contributed by atoms with E-state index in [0.717, 1.165) is 71.8 Å². The van der Waals surface area contributed by atoms with Gasteiger partial charge in [-0.2, -0.15) is 5.10 Å². The molecule has 0 spiro atoms. The van der Waals surface area contributed by atoms with Gasteiger partial charge in [-0.3, -0.25) is 4.79 Å². The van der Waals surface area contributed by atoms with Gasteiger partial charge in [0, 0.05) is 49.4 Å². The van der Waals surface area contributed by atoms with Crippen molar-refractivity contribution in [2.45, 2.75) is 65.0 Å². The van der Waals surface area contributed by atoms with Gasteiger partial charge in [-0.1, -0.05) is 13.8 Å². The number of pyridine rings is 2. The van der Waals surface area contributed by atoms with Crippen molar-refractivity contribution in [1.82, 2.24) is 34.4 Å². The van der Waals surface area contributed by atoms with Crippen LogP contribution in [0.4, 0.5) is 5.82 Å². The van der Waals surface area contributed by atoms with E-state index in [-0.39, 0.29) is 17.9 Å². The zero-order valence-corrected chi connectivity index (χ0v) is 23.3. The monoisotopic (exact) mass is 514 g/mol. The molecule has 2 bridgehead atoms. The van der Waals surface area contributed by atoms with Gasteiger partial charge in [0.2, 0.25) is 5.91 Å². The summed E-state index contributed by atoms with van der Waals surface area (Å²) in [6.07, 6.45) is 6.29. The minimum atomic E-state index is 0.271. The second kappa shape index (κ2) is 9.38. The summed E-state index contributed by atoms with van der Waals surface area (Å²) in [5, 5.41) is 4.41. The number of carbonyl (C=O) groups is 1. The lowest BCUT2D eigenvalue weighted by atomic mass is 9.95. The zero-order valence-electron chi connectivity index (χ0n) is 23.3. The Bertz CT molecular complexity index is 1520. The fourth-order valence-corrected chi connectivity index (χ4v) is 6.40. The van der Waals surface area contributed by atoms with Crippen LogP contribution in [0.5, 0.6) is 0 Å². The van der Waals surface area contributed by atoms with E-state index in [0.29, 0.717) is 12.5 Å². The van der Waals surface area contributed by atoms with Gasteiger partial charge >= 0.3 is 0 Å². The van der Waals surface area contributed by atoms with Crippen LogP contribution in [0.15, 0.2) is 24.7 Å². The Morgan fingerprint density at radius 3 is 2.76 bits per heavy atom. The van der Waals surface area contributed by atoms with Gasteiger partial charge in [-0.25, -0.2) is 14.5 Å². The van der Waals surface area contributed by atoms with Crippen molar-refractivity contribution in [3.8, 4) is 11.3 Å². The van der Waals surface area contributed by atoms with E-state index in [4.69, 9.17) is 4.98 Å². The number of aryl methyl sites for hydroxylation is 1. The molecule has 6 heterocycles. The number of aromatic amines is 1. The number of likely N-dealkylation sites (tertiary alicyclic amines) is 1. The Labute approximate surface area is 223 Å². The van der Waals surface area contributed by atoms with Crippen LogP contribution in [0.3, 0.4) is 0 Å². The molecular formula is C29H38N8O. The highest BCUT2D eigenvalue weighted by Gasteiger charge is 2.41. The highest BCUT2D eigenvalue weighted by Crippen LogP contribution is 2.39. The molecule has 9 nitrogen and oxygen atoms in total. The maximum Gasteiger partial charge on any atom is 0.224 e. The number of fused-ring (bicyclic) bond motifs is 4. The molecule has 0 radical (unpaired) electrons. The minimum absolute atomic E-state index is 0.271. The number of nitrogens with one attached hydrogen (secondary N) is 1. The van der Waals surface area contributed by atoms with Gasteiger partial charge < -0.3 is 19.7 Å². The number of carbonyl (C=O) groups excluding carboxylic acids is 1. The first-order valence-corrected chi connectivity index (χ1v) is 13.8. The molecule has 1 N–H and O–H groups in total. The fraction of sp³-hybridized carbons (Fsp3) is 0.517. The van der Waals surface area contributed by atoms with Gasteiger partial charge in [0.15, 0.2) is 5.65 Å². The summed E-state index contributed by atoms with van der Waals surface area (Å²) in [6.45, 7) is 11.2.